The number of aryl methyl sites for hydroxylation is 6. The molecule has 17 rings (SSSR count). The number of ketones is 6. The molecule has 1 unspecified atom stereocenters. The van der Waals surface area contributed by atoms with E-state index in [2.05, 4.69) is 157 Å². The largest absolute Gasteiger partial charge is 0.381 e. The molecule has 0 amide bonds. The topological polar surface area (TPSA) is 189 Å². The summed E-state index contributed by atoms with van der Waals surface area (Å²) in [6.45, 7) is 43.7. The molecule has 5 aliphatic rings. The smallest absolute Gasteiger partial charge is 0.178 e. The van der Waals surface area contributed by atoms with E-state index in [-0.39, 0.29) is 167 Å². The number of piperazine rings is 1. The summed E-state index contributed by atoms with van der Waals surface area (Å²) in [4.78, 5) is 96.7. The first-order valence-electron chi connectivity index (χ1n) is 51.3. The van der Waals surface area contributed by atoms with Gasteiger partial charge in [0.05, 0.1) is 57.6 Å². The summed E-state index contributed by atoms with van der Waals surface area (Å²) in [6, 6.07) is 78.0. The molecule has 24 nitrogen and oxygen atoms in total. The van der Waals surface area contributed by atoms with Gasteiger partial charge in [-0.2, -0.15) is 109 Å². The normalized spacial score (nSPS) is 15.3. The number of piperidine rings is 3. The minimum absolute atomic E-state index is 0. The van der Waals surface area contributed by atoms with E-state index in [1.54, 1.807) is 14.2 Å². The number of ether oxygens (including phenoxy) is 3. The van der Waals surface area contributed by atoms with Crippen LogP contribution in [0, 0.1) is 119 Å². The quantitative estimate of drug-likeness (QED) is 0.0279. The summed E-state index contributed by atoms with van der Waals surface area (Å²) in [5, 5.41) is 0. The van der Waals surface area contributed by atoms with Crippen LogP contribution >= 0.6 is 0 Å². The van der Waals surface area contributed by atoms with E-state index < -0.39 is 0 Å². The van der Waals surface area contributed by atoms with Gasteiger partial charge in [-0.05, 0) is 213 Å². The fourth-order valence-electron chi connectivity index (χ4n) is 20.6. The molecule has 5 aliphatic heterocycles. The van der Waals surface area contributed by atoms with Crippen molar-refractivity contribution in [1.82, 2.24) is 71.5 Å². The van der Waals surface area contributed by atoms with Crippen molar-refractivity contribution in [1.29, 1.82) is 0 Å². The third-order valence-corrected chi connectivity index (χ3v) is 28.7. The predicted octanol–water partition coefficient (Wildman–Crippen LogP) is 17.9. The van der Waals surface area contributed by atoms with Crippen molar-refractivity contribution in [3.05, 3.63) is 320 Å². The molecule has 1 atom stereocenters. The summed E-state index contributed by atoms with van der Waals surface area (Å²) in [5.74, 6) is 1.21. The summed E-state index contributed by atoms with van der Waals surface area (Å²) in [7, 11) is 16.0. The van der Waals surface area contributed by atoms with Crippen LogP contribution in [0.1, 0.15) is 189 Å². The molecular formula is C120H155N15O9W6-6. The van der Waals surface area contributed by atoms with Gasteiger partial charge in [-0.3, -0.25) is 58.2 Å². The predicted molar refractivity (Wildman–Crippen MR) is 578 cm³/mol. The van der Waals surface area contributed by atoms with Gasteiger partial charge in [0.15, 0.2) is 34.7 Å². The molecule has 6 aromatic carbocycles. The number of likely N-dealkylation sites (N-methyl/N-ethyl adjacent to an activating group) is 3. The van der Waals surface area contributed by atoms with Gasteiger partial charge in [0.25, 0.3) is 0 Å². The molecule has 0 N–H and O–H groups in total. The SMILES string of the molecule is CCCOC1CCN(CC(=O)c2cc(C)n(-c3cc[c-]cc3)c2C)CC1.COC1CCN(CC(=O)c2cc(C)n(-c3cc[c-]cc3)c2C)C1.COC1CCN(CC(=O)c2cc(C)n(-c3cc[c-]cc3)c2C)CC1.Cc1cc(C(=O)CN(C)CCN(C)C)c(C)n1-c1cc[c-]cc1.Cc1cc(C(=O)CN2CCC(N(C)C)CC2)c(C)n1-c1cc[c-]cc1.Cc1cc(C(=O)CN2CCN(C)CC2)c(C)n1-c1cc[c-]cc1.[W].[W].[W].[W].[W].[W]. The molecule has 0 spiro atoms. The molecule has 0 aliphatic carbocycles. The maximum Gasteiger partial charge on any atom is 0.178 e. The van der Waals surface area contributed by atoms with Gasteiger partial charge in [0.1, 0.15) is 0 Å². The summed E-state index contributed by atoms with van der Waals surface area (Å²) < 4.78 is 29.4. The Morgan fingerprint density at radius 2 is 0.540 bits per heavy atom. The van der Waals surface area contributed by atoms with E-state index >= 15 is 0 Å². The minimum Gasteiger partial charge on any atom is -0.381 e. The zero-order valence-electron chi connectivity index (χ0n) is 92.0. The average Bonchev–Trinajstić information content (AvgIpc) is 1.67. The van der Waals surface area contributed by atoms with Gasteiger partial charge in [-0.1, -0.05) is 41.0 Å². The Kier molecular flexibility index (Phi) is 56.9. The summed E-state index contributed by atoms with van der Waals surface area (Å²) in [6.07, 6.45) is 9.36. The number of methoxy groups -OCH3 is 2. The Hall–Kier alpha value is -7.33. The van der Waals surface area contributed by atoms with E-state index in [1.165, 1.54) is 0 Å². The standard InChI is InChI=1S/C22H29N2O2.C21H28N3O.C20H25N2O2.C19H24N3O.C19H26N3O.C19H23N2O2.6W/c1-4-14-26-20-10-12-23(13-11-20)16-22(25)21-15-17(2)24(18(21)3)19-8-6-5-7-9-19;1-16-14-20(17(2)24(16)19-8-6-5-7-9-19)21(25)15-23-12-10-18(11-13-23)22(3)4;1-15-13-19(16(2)22(15)17-7-5-4-6-8-17)20(23)14-21-11-9-18(24-3)10-12-21;1-15-13-18(16(2)22(15)17-7-5-4-6-8-17)19(23)14-21-11-9-20(3)10-12-21;1-15-13-18(19(23)14-21(5)12-11-20(3)4)16(2)22(15)17-9-7-6-8-10-17;1-14-11-18(15(2)21(14)16-7-5-4-6-8-16)19(22)13-20-10-9-17(12-20)23-3;;;;;;/h6-9,15,20H,4,10-14,16H2,1-3H3;6-9,14,18H,10-13,15H2,1-4H3;5-8,13,18H,9-12,14H2,1-3H3;5-8,13H,9-12,14H2,1-3H3;7-10,13H,11-12,14H2,1-5H3;5-8,11,17H,9-10,12-13H2,1-3H3;;;;;;/q6*-1;;;;;;. The van der Waals surface area contributed by atoms with Crippen molar-refractivity contribution in [2.75, 3.05) is 194 Å². The van der Waals surface area contributed by atoms with E-state index in [1.807, 2.05) is 265 Å². The zero-order valence-corrected chi connectivity index (χ0v) is 110. The Morgan fingerprint density at radius 1 is 0.307 bits per heavy atom. The number of likely N-dealkylation sites (tertiary alicyclic amines) is 4. The van der Waals surface area contributed by atoms with Crippen molar-refractivity contribution in [2.45, 2.75) is 166 Å². The van der Waals surface area contributed by atoms with Gasteiger partial charge in [0.2, 0.25) is 0 Å². The Morgan fingerprint density at radius 3 is 0.787 bits per heavy atom. The van der Waals surface area contributed by atoms with E-state index in [9.17, 15) is 28.8 Å². The van der Waals surface area contributed by atoms with E-state index in [0.29, 0.717) is 57.5 Å². The fraction of sp³-hybridized carbons (Fsp3) is 0.450. The number of hydrogen-bond donors (Lipinski definition) is 0. The van der Waals surface area contributed by atoms with Crippen LogP contribution in [0.4, 0.5) is 0 Å². The van der Waals surface area contributed by atoms with Crippen LogP contribution in [0.3, 0.4) is 0 Å². The molecule has 150 heavy (non-hydrogen) atoms. The molecule has 0 radical (unpaired) electrons. The minimum atomic E-state index is 0. The van der Waals surface area contributed by atoms with Crippen LogP contribution < -0.4 is 0 Å². The molecule has 11 heterocycles. The van der Waals surface area contributed by atoms with Crippen molar-refractivity contribution in [2.24, 2.45) is 0 Å². The number of rotatable bonds is 33. The molecule has 12 aromatic rings. The third kappa shape index (κ3) is 36.4. The molecule has 0 saturated carbocycles. The third-order valence-electron chi connectivity index (χ3n) is 28.7. The number of benzene rings is 6. The molecule has 30 heteroatoms. The van der Waals surface area contributed by atoms with Gasteiger partial charge < -0.3 is 56.3 Å². The Labute approximate surface area is 980 Å². The molecular weight excluding hydrogens is 2900 g/mol. The average molecular weight is 3050 g/mol. The molecule has 5 saturated heterocycles. The summed E-state index contributed by atoms with van der Waals surface area (Å²) >= 11 is 0. The van der Waals surface area contributed by atoms with Crippen molar-refractivity contribution < 1.29 is 169 Å². The van der Waals surface area contributed by atoms with E-state index in [0.717, 1.165) is 285 Å². The first kappa shape index (κ1) is 131. The fourth-order valence-corrected chi connectivity index (χ4v) is 20.6. The molecule has 6 aromatic heterocycles. The molecule has 0 bridgehead atoms. The number of carbonyl (C=O) groups is 6. The zero-order chi connectivity index (χ0) is 103. The van der Waals surface area contributed by atoms with Gasteiger partial charge in [-0.25, -0.2) is 0 Å². The first-order chi connectivity index (χ1) is 69.2. The maximum absolute atomic E-state index is 12.9. The van der Waals surface area contributed by atoms with Gasteiger partial charge in [0, 0.05) is 347 Å². The van der Waals surface area contributed by atoms with Crippen LogP contribution in [-0.4, -0.2) is 325 Å². The van der Waals surface area contributed by atoms with Crippen LogP contribution in [-0.2, 0) is 141 Å². The summed E-state index contributed by atoms with van der Waals surface area (Å²) in [5.41, 5.74) is 24.0. The second-order valence-corrected chi connectivity index (χ2v) is 39.8. The van der Waals surface area contributed by atoms with Crippen molar-refractivity contribution >= 4 is 34.7 Å². The Bertz CT molecular complexity index is 6030. The number of hydrogen-bond acceptors (Lipinski definition) is 18. The van der Waals surface area contributed by atoms with Crippen LogP contribution in [0.5, 0.6) is 0 Å². The maximum atomic E-state index is 12.9. The second kappa shape index (κ2) is 65.0. The number of Topliss-reactive ketones (excluding diaryl/α,β-unsaturated/α-hetero) is 6. The Balaban J connectivity index is 0.000000273. The number of aromatic nitrogens is 6. The van der Waals surface area contributed by atoms with Crippen molar-refractivity contribution in [3.63, 3.8) is 0 Å². The molecule has 5 fully saturated rings. The second-order valence-electron chi connectivity index (χ2n) is 39.8. The van der Waals surface area contributed by atoms with E-state index in [4.69, 9.17) is 14.2 Å². The monoisotopic (exact) mass is 3050 g/mol. The van der Waals surface area contributed by atoms with Crippen LogP contribution in [0.2, 0.25) is 0 Å². The van der Waals surface area contributed by atoms with Crippen LogP contribution in [0.25, 0.3) is 34.1 Å². The first-order valence-corrected chi connectivity index (χ1v) is 51.3. The molecule has 806 valence electrons. The van der Waals surface area contributed by atoms with Crippen LogP contribution in [0.15, 0.2) is 182 Å². The van der Waals surface area contributed by atoms with Gasteiger partial charge in [-0.15, -0.1) is 72.8 Å². The number of nitrogens with zero attached hydrogens (tertiary/aromatic N) is 15. The van der Waals surface area contributed by atoms with Gasteiger partial charge >= 0.3 is 0 Å². The van der Waals surface area contributed by atoms with Crippen molar-refractivity contribution in [3.8, 4) is 34.1 Å². The number of carbonyl (C=O) groups excluding carboxylic acids is 6.